The first-order chi connectivity index (χ1) is 16.2. The van der Waals surface area contributed by atoms with E-state index in [0.29, 0.717) is 34.0 Å². The Labute approximate surface area is 187 Å². The second-order valence-corrected chi connectivity index (χ2v) is 8.22. The molecule has 5 aromatic rings. The number of benzene rings is 2. The quantitative estimate of drug-likeness (QED) is 0.425. The third-order valence-electron chi connectivity index (χ3n) is 6.30. The van der Waals surface area contributed by atoms with Crippen molar-refractivity contribution in [2.75, 3.05) is 5.32 Å². The van der Waals surface area contributed by atoms with Crippen LogP contribution < -0.4 is 10.9 Å². The summed E-state index contributed by atoms with van der Waals surface area (Å²) >= 11 is 0. The van der Waals surface area contributed by atoms with E-state index >= 15 is 0 Å². The number of aromatic amines is 1. The molecule has 1 saturated carbocycles. The van der Waals surface area contributed by atoms with Gasteiger partial charge in [0.1, 0.15) is 28.9 Å². The molecule has 2 aromatic carbocycles. The number of hydrogen-bond donors (Lipinski definition) is 2. The molecule has 0 saturated heterocycles. The van der Waals surface area contributed by atoms with Crippen LogP contribution in [-0.2, 0) is 0 Å². The number of anilines is 1. The van der Waals surface area contributed by atoms with Gasteiger partial charge in [-0.25, -0.2) is 24.3 Å². The fourth-order valence-corrected chi connectivity index (χ4v) is 4.43. The average Bonchev–Trinajstić information content (AvgIpc) is 3.28. The molecule has 0 bridgehead atoms. The predicted octanol–water partition coefficient (Wildman–Crippen LogP) is 4.14. The molecule has 8 nitrogen and oxygen atoms in total. The van der Waals surface area contributed by atoms with Crippen LogP contribution in [-0.4, -0.2) is 29.5 Å². The molecule has 1 atom stereocenters. The van der Waals surface area contributed by atoms with Crippen LogP contribution in [0.1, 0.15) is 31.1 Å². The van der Waals surface area contributed by atoms with Crippen LogP contribution in [0.2, 0.25) is 0 Å². The third kappa shape index (κ3) is 3.24. The summed E-state index contributed by atoms with van der Waals surface area (Å²) in [7, 11) is 0. The predicted molar refractivity (Wildman–Crippen MR) is 123 cm³/mol. The fourth-order valence-electron chi connectivity index (χ4n) is 4.43. The molecular formula is C24H20FN7O. The molecular weight excluding hydrogens is 421 g/mol. The first-order valence-corrected chi connectivity index (χ1v) is 10.9. The van der Waals surface area contributed by atoms with E-state index in [2.05, 4.69) is 25.3 Å². The van der Waals surface area contributed by atoms with Crippen LogP contribution in [0, 0.1) is 11.7 Å². The highest BCUT2D eigenvalue weighted by Gasteiger charge is 2.33. The van der Waals surface area contributed by atoms with E-state index in [4.69, 9.17) is 4.98 Å². The molecule has 9 heteroatoms. The zero-order valence-electron chi connectivity index (χ0n) is 17.6. The molecule has 0 spiro atoms. The SMILES string of the molecule is O=c1c2c(F)cccc2nc([C@@H](Nc2ncnc3nc[nH]c23)C2CCC2)n1-c1ccccc1. The Balaban J connectivity index is 1.60. The minimum atomic E-state index is -0.579. The maximum atomic E-state index is 14.7. The van der Waals surface area contributed by atoms with Crippen molar-refractivity contribution in [3.8, 4) is 5.69 Å². The van der Waals surface area contributed by atoms with E-state index in [-0.39, 0.29) is 17.3 Å². The zero-order valence-corrected chi connectivity index (χ0v) is 17.6. The van der Waals surface area contributed by atoms with E-state index in [9.17, 15) is 9.18 Å². The minimum absolute atomic E-state index is 0.0181. The van der Waals surface area contributed by atoms with Crippen LogP contribution >= 0.6 is 0 Å². The number of fused-ring (bicyclic) bond motifs is 2. The van der Waals surface area contributed by atoms with Crippen LogP contribution in [0.15, 0.2) is 66.0 Å². The number of hydrogen-bond acceptors (Lipinski definition) is 6. The normalized spacial score (nSPS) is 14.9. The summed E-state index contributed by atoms with van der Waals surface area (Å²) in [5.74, 6) is 0.776. The molecule has 3 aromatic heterocycles. The molecule has 33 heavy (non-hydrogen) atoms. The number of H-pyrrole nitrogens is 1. The van der Waals surface area contributed by atoms with E-state index in [0.717, 1.165) is 19.3 Å². The van der Waals surface area contributed by atoms with E-state index in [1.165, 1.54) is 17.0 Å². The van der Waals surface area contributed by atoms with Gasteiger partial charge in [-0.3, -0.25) is 9.36 Å². The summed E-state index contributed by atoms with van der Waals surface area (Å²) < 4.78 is 16.2. The molecule has 2 N–H and O–H groups in total. The highest BCUT2D eigenvalue weighted by atomic mass is 19.1. The van der Waals surface area contributed by atoms with Crippen LogP contribution in [0.25, 0.3) is 27.8 Å². The molecule has 3 heterocycles. The molecule has 164 valence electrons. The molecule has 0 amide bonds. The number of nitrogens with one attached hydrogen (secondary N) is 2. The first-order valence-electron chi connectivity index (χ1n) is 10.9. The highest BCUT2D eigenvalue weighted by molar-refractivity contribution is 5.82. The van der Waals surface area contributed by atoms with Crippen molar-refractivity contribution in [2.45, 2.75) is 25.3 Å². The van der Waals surface area contributed by atoms with Gasteiger partial charge in [0.15, 0.2) is 11.5 Å². The smallest absolute Gasteiger partial charge is 0.269 e. The van der Waals surface area contributed by atoms with Crippen molar-refractivity contribution in [1.29, 1.82) is 0 Å². The van der Waals surface area contributed by atoms with Gasteiger partial charge in [-0.05, 0) is 43.0 Å². The van der Waals surface area contributed by atoms with Gasteiger partial charge < -0.3 is 10.3 Å². The number of rotatable bonds is 5. The van der Waals surface area contributed by atoms with Gasteiger partial charge in [-0.1, -0.05) is 30.7 Å². The zero-order chi connectivity index (χ0) is 22.4. The lowest BCUT2D eigenvalue weighted by Gasteiger charge is -2.35. The highest BCUT2D eigenvalue weighted by Crippen LogP contribution is 2.40. The number of halogens is 1. The summed E-state index contributed by atoms with van der Waals surface area (Å²) in [6.45, 7) is 0. The Kier molecular flexibility index (Phi) is 4.60. The lowest BCUT2D eigenvalue weighted by Crippen LogP contribution is -2.34. The first kappa shape index (κ1) is 19.5. The van der Waals surface area contributed by atoms with E-state index < -0.39 is 11.4 Å². The molecule has 6 rings (SSSR count). The second kappa shape index (κ2) is 7.77. The van der Waals surface area contributed by atoms with Crippen molar-refractivity contribution in [1.82, 2.24) is 29.5 Å². The molecule has 1 aliphatic carbocycles. The topological polar surface area (TPSA) is 101 Å². The summed E-state index contributed by atoms with van der Waals surface area (Å²) in [5, 5.41) is 3.49. The van der Waals surface area contributed by atoms with Gasteiger partial charge in [0, 0.05) is 0 Å². The van der Waals surface area contributed by atoms with Crippen molar-refractivity contribution < 1.29 is 4.39 Å². The lowest BCUT2D eigenvalue weighted by atomic mass is 9.79. The minimum Gasteiger partial charge on any atom is -0.358 e. The fraction of sp³-hybridized carbons (Fsp3) is 0.208. The van der Waals surface area contributed by atoms with E-state index in [1.54, 1.807) is 18.5 Å². The number of nitrogens with zero attached hydrogens (tertiary/aromatic N) is 5. The van der Waals surface area contributed by atoms with Crippen molar-refractivity contribution in [3.63, 3.8) is 0 Å². The standard InChI is InChI=1S/C24H20FN7O/c25-16-10-5-11-17-18(16)24(33)32(15-8-2-1-3-9-15)23(30-17)19(14-6-4-7-14)31-22-20-21(27-12-26-20)28-13-29-22/h1-3,5,8-14,19H,4,6-7H2,(H2,26,27,28,29,31)/t19-/m0/s1. The maximum absolute atomic E-state index is 14.7. The van der Waals surface area contributed by atoms with Gasteiger partial charge in [-0.2, -0.15) is 0 Å². The molecule has 1 fully saturated rings. The molecule has 1 aliphatic rings. The number of imidazole rings is 1. The van der Waals surface area contributed by atoms with Gasteiger partial charge >= 0.3 is 0 Å². The van der Waals surface area contributed by atoms with Crippen LogP contribution in [0.4, 0.5) is 10.2 Å². The Hall–Kier alpha value is -4.14. The van der Waals surface area contributed by atoms with Gasteiger partial charge in [0.05, 0.1) is 23.6 Å². The van der Waals surface area contributed by atoms with E-state index in [1.807, 2.05) is 30.3 Å². The average molecular weight is 441 g/mol. The largest absolute Gasteiger partial charge is 0.358 e. The summed E-state index contributed by atoms with van der Waals surface area (Å²) in [6, 6.07) is 13.4. The van der Waals surface area contributed by atoms with Crippen molar-refractivity contribution in [2.24, 2.45) is 5.92 Å². The van der Waals surface area contributed by atoms with Crippen LogP contribution in [0.3, 0.4) is 0 Å². The van der Waals surface area contributed by atoms with Gasteiger partial charge in [0.2, 0.25) is 0 Å². The van der Waals surface area contributed by atoms with Crippen molar-refractivity contribution >= 4 is 27.9 Å². The third-order valence-corrected chi connectivity index (χ3v) is 6.30. The molecule has 0 aliphatic heterocycles. The Morgan fingerprint density at radius 2 is 1.91 bits per heavy atom. The maximum Gasteiger partial charge on any atom is 0.269 e. The summed E-state index contributed by atoms with van der Waals surface area (Å²) in [6.07, 6.45) is 6.10. The number of aromatic nitrogens is 6. The lowest BCUT2D eigenvalue weighted by molar-refractivity contribution is 0.268. The molecule has 0 unspecified atom stereocenters. The Morgan fingerprint density at radius 1 is 1.06 bits per heavy atom. The molecule has 0 radical (unpaired) electrons. The monoisotopic (exact) mass is 441 g/mol. The van der Waals surface area contributed by atoms with Crippen molar-refractivity contribution in [3.05, 3.63) is 83.2 Å². The van der Waals surface area contributed by atoms with Gasteiger partial charge in [-0.15, -0.1) is 0 Å². The Bertz CT molecular complexity index is 1520. The summed E-state index contributed by atoms with van der Waals surface area (Å²) in [4.78, 5) is 34.4. The van der Waals surface area contributed by atoms with Crippen LogP contribution in [0.5, 0.6) is 0 Å². The summed E-state index contributed by atoms with van der Waals surface area (Å²) in [5.41, 5.74) is 1.77. The second-order valence-electron chi connectivity index (χ2n) is 8.22. The van der Waals surface area contributed by atoms with Gasteiger partial charge in [0.25, 0.3) is 5.56 Å². The number of para-hydroxylation sites is 1. The Morgan fingerprint density at radius 3 is 2.70 bits per heavy atom.